The monoisotopic (exact) mass is 1060 g/mol. The smallest absolute Gasteiger partial charge is 0.143 e. The first kappa shape index (κ1) is 61.8. The van der Waals surface area contributed by atoms with Crippen LogP contribution in [0.4, 0.5) is 0 Å². The summed E-state index contributed by atoms with van der Waals surface area (Å²) in [5, 5.41) is 13.8. The Kier molecular flexibility index (Phi) is 15.2. The fourth-order valence-corrected chi connectivity index (χ4v) is 17.2. The zero-order chi connectivity index (χ0) is 62.7. The van der Waals surface area contributed by atoms with Gasteiger partial charge in [0.05, 0.1) is 0 Å². The molecule has 0 bridgehead atoms. The van der Waals surface area contributed by atoms with Crippen molar-refractivity contribution in [2.75, 3.05) is 0 Å². The molecular formula is C52H64B32O. The molecule has 85 heavy (non-hydrogen) atoms. The van der Waals surface area contributed by atoms with Crippen molar-refractivity contribution in [2.24, 2.45) is 0 Å². The van der Waals surface area contributed by atoms with Crippen molar-refractivity contribution in [3.05, 3.63) is 0 Å². The average molecular weight is 1050 g/mol. The SMILES string of the molecule is Bc1c(B)c(-c2c(B)c(B)c(-c3c4c(B)c(B)c(B)c(B)c4c(-c4c(B)c(B)c(B)c5oc6c(B)c(B)c(B)c(B)c6c45)c4c(B)c(B)c(B)c(B)c34)c(B)c2B)c(B)c(-c2c(B)c(B)c3c(c2B)c(B)c(B)c2c(B)c(B)c(B)c(B)c23)c1B. The summed E-state index contributed by atoms with van der Waals surface area (Å²) >= 11 is 0. The quantitative estimate of drug-likeness (QED) is 0.0973. The van der Waals surface area contributed by atoms with Crippen LogP contribution in [-0.2, 0) is 0 Å². The number of benzene rings is 10. The van der Waals surface area contributed by atoms with Crippen molar-refractivity contribution in [1.29, 1.82) is 0 Å². The van der Waals surface area contributed by atoms with Crippen LogP contribution in [0, 0.1) is 0 Å². The molecule has 0 saturated heterocycles. The maximum Gasteiger partial charge on any atom is 0.143 e. The van der Waals surface area contributed by atoms with Gasteiger partial charge in [0.15, 0.2) is 0 Å². The van der Waals surface area contributed by atoms with Crippen molar-refractivity contribution in [1.82, 2.24) is 0 Å². The van der Waals surface area contributed by atoms with E-state index < -0.39 is 0 Å². The van der Waals surface area contributed by atoms with Crippen molar-refractivity contribution in [2.45, 2.75) is 0 Å². The van der Waals surface area contributed by atoms with E-state index in [1.807, 2.05) is 0 Å². The molecule has 10 aromatic carbocycles. The van der Waals surface area contributed by atoms with E-state index >= 15 is 0 Å². The summed E-state index contributed by atoms with van der Waals surface area (Å²) in [5.74, 6) is 0. The Morgan fingerprint density at radius 1 is 0.106 bits per heavy atom. The molecule has 11 aromatic rings. The Hall–Kier alpha value is -4.88. The number of hydrogen-bond donors (Lipinski definition) is 0. The second kappa shape index (κ2) is 20.9. The Balaban J connectivity index is 1.30. The van der Waals surface area contributed by atoms with Crippen LogP contribution in [-0.4, -0.2) is 251 Å². The van der Waals surface area contributed by atoms with Gasteiger partial charge in [0, 0.05) is 10.8 Å². The molecule has 11 rings (SSSR count). The van der Waals surface area contributed by atoms with E-state index in [4.69, 9.17) is 4.42 Å². The number of fused-ring (bicyclic) bond motifs is 8. The molecule has 374 valence electrons. The Labute approximate surface area is 535 Å². The molecule has 0 saturated carbocycles. The van der Waals surface area contributed by atoms with Gasteiger partial charge < -0.3 is 4.42 Å². The Morgan fingerprint density at radius 2 is 0.294 bits per heavy atom. The summed E-state index contributed by atoms with van der Waals surface area (Å²) in [4.78, 5) is 0. The minimum Gasteiger partial charge on any atom is -0.457 e. The van der Waals surface area contributed by atoms with Gasteiger partial charge in [-0.05, 0) is 87.6 Å². The molecule has 0 atom stereocenters. The number of rotatable bonds is 4. The molecule has 0 radical (unpaired) electrons. The predicted molar refractivity (Wildman–Crippen MR) is 487 cm³/mol. The van der Waals surface area contributed by atoms with Crippen LogP contribution >= 0.6 is 0 Å². The van der Waals surface area contributed by atoms with Gasteiger partial charge in [-0.15, -0.1) is 43.7 Å². The molecule has 0 spiro atoms. The van der Waals surface area contributed by atoms with Crippen LogP contribution in [0.2, 0.25) is 0 Å². The zero-order valence-corrected chi connectivity index (χ0v) is 58.4. The third kappa shape index (κ3) is 7.96. The number of furan rings is 1. The molecule has 1 aromatic heterocycles. The van der Waals surface area contributed by atoms with Crippen molar-refractivity contribution < 1.29 is 4.42 Å². The first-order valence-corrected chi connectivity index (χ1v) is 31.7. The van der Waals surface area contributed by atoms with Crippen LogP contribution in [0.25, 0.3) is 110 Å². The highest BCUT2D eigenvalue weighted by Crippen LogP contribution is 2.43. The lowest BCUT2D eigenvalue weighted by Crippen LogP contribution is -2.53. The third-order valence-electron chi connectivity index (χ3n) is 24.6. The van der Waals surface area contributed by atoms with Crippen molar-refractivity contribution in [3.63, 3.8) is 0 Å². The topological polar surface area (TPSA) is 13.1 Å². The fraction of sp³-hybridized carbons (Fsp3) is 0. The van der Waals surface area contributed by atoms with E-state index in [1.165, 1.54) is 273 Å². The minimum absolute atomic E-state index is 1.02. The van der Waals surface area contributed by atoms with Crippen LogP contribution in [0.3, 0.4) is 0 Å². The van der Waals surface area contributed by atoms with Crippen LogP contribution in [0.1, 0.15) is 0 Å². The van der Waals surface area contributed by atoms with E-state index in [0.717, 1.165) is 11.2 Å². The van der Waals surface area contributed by atoms with E-state index in [9.17, 15) is 0 Å². The largest absolute Gasteiger partial charge is 0.457 e. The van der Waals surface area contributed by atoms with Gasteiger partial charge in [-0.1, -0.05) is 131 Å². The fourth-order valence-electron chi connectivity index (χ4n) is 17.2. The molecule has 1 heterocycles. The third-order valence-corrected chi connectivity index (χ3v) is 24.6. The van der Waals surface area contributed by atoms with Gasteiger partial charge >= 0.3 is 0 Å². The second-order valence-electron chi connectivity index (χ2n) is 27.5. The van der Waals surface area contributed by atoms with E-state index in [2.05, 4.69) is 251 Å². The average Bonchev–Trinajstić information content (AvgIpc) is 1.48. The Morgan fingerprint density at radius 3 is 0.682 bits per heavy atom. The molecule has 33 heteroatoms. The molecule has 0 aliphatic heterocycles. The van der Waals surface area contributed by atoms with Gasteiger partial charge in [-0.3, -0.25) is 0 Å². The summed E-state index contributed by atoms with van der Waals surface area (Å²) in [7, 11) is 76.2. The molecule has 0 amide bonds. The summed E-state index contributed by atoms with van der Waals surface area (Å²) in [6.45, 7) is 0. The van der Waals surface area contributed by atoms with Crippen molar-refractivity contribution in [3.8, 4) is 44.5 Å². The van der Waals surface area contributed by atoms with Crippen molar-refractivity contribution >= 4 is 491 Å². The van der Waals surface area contributed by atoms with Gasteiger partial charge in [0.1, 0.15) is 262 Å². The highest BCUT2D eigenvalue weighted by Gasteiger charge is 2.33. The Bertz CT molecular complexity index is 4970. The molecule has 0 aliphatic carbocycles. The van der Waals surface area contributed by atoms with Crippen LogP contribution in [0.15, 0.2) is 4.42 Å². The van der Waals surface area contributed by atoms with E-state index in [0.29, 0.717) is 0 Å². The summed E-state index contributed by atoms with van der Waals surface area (Å²) in [5.41, 5.74) is 56.8. The lowest BCUT2D eigenvalue weighted by molar-refractivity contribution is 0.675. The van der Waals surface area contributed by atoms with E-state index in [-0.39, 0.29) is 0 Å². The maximum atomic E-state index is 7.28. The minimum atomic E-state index is 1.02. The second-order valence-corrected chi connectivity index (χ2v) is 27.5. The molecule has 0 N–H and O–H groups in total. The summed E-state index contributed by atoms with van der Waals surface area (Å²) < 4.78 is 7.28. The lowest BCUT2D eigenvalue weighted by Gasteiger charge is -2.33. The molecule has 0 aliphatic rings. The number of hydrogen-bond acceptors (Lipinski definition) is 1. The van der Waals surface area contributed by atoms with Gasteiger partial charge in [-0.2, -0.15) is 0 Å². The molecular weight excluding hydrogens is 987 g/mol. The van der Waals surface area contributed by atoms with Gasteiger partial charge in [0.25, 0.3) is 0 Å². The predicted octanol–water partition coefficient (Wildman–Crippen LogP) is -40.9. The zero-order valence-electron chi connectivity index (χ0n) is 58.4. The molecule has 0 fully saturated rings. The molecule has 0 unspecified atom stereocenters. The first-order chi connectivity index (χ1) is 39.6. The highest BCUT2D eigenvalue weighted by atomic mass is 16.3. The normalized spacial score (nSPS) is 11.9. The van der Waals surface area contributed by atoms with Crippen LogP contribution in [0.5, 0.6) is 0 Å². The maximum absolute atomic E-state index is 7.28. The molecule has 1 nitrogen and oxygen atoms in total. The lowest BCUT2D eigenvalue weighted by atomic mass is 9.54. The van der Waals surface area contributed by atoms with Gasteiger partial charge in [-0.25, -0.2) is 0 Å². The summed E-state index contributed by atoms with van der Waals surface area (Å²) in [6, 6.07) is 0. The van der Waals surface area contributed by atoms with Crippen LogP contribution < -0.4 is 175 Å². The first-order valence-electron chi connectivity index (χ1n) is 31.7. The highest BCUT2D eigenvalue weighted by molar-refractivity contribution is 6.79. The summed E-state index contributed by atoms with van der Waals surface area (Å²) in [6.07, 6.45) is 0. The van der Waals surface area contributed by atoms with E-state index in [1.54, 1.807) is 0 Å². The standard InChI is InChI=1S/C52H64B32O/c53-19-12-8(9-13(31(65)30(12)64)35(69)45(79)44(78)27(9)61)21(55)32(66)14(19)15-20(54)16(37(71)39(73)36(15)70)17-33(67)28(62)11(29(63)34(17)68)2-5-3(22(56)40(74)42(76)24(5)58)1(4-6(2)25(59)43(77)41(75)23(4)57)7-10-18-38(72)46(80)48(82)50(84)52(18)85-51(10)49(83)47(81)26(7)60/h53-84H2. The van der Waals surface area contributed by atoms with Gasteiger partial charge in [0.2, 0.25) is 0 Å².